The third-order valence-corrected chi connectivity index (χ3v) is 6.02. The number of halogens is 2. The van der Waals surface area contributed by atoms with Crippen molar-refractivity contribution in [2.45, 2.75) is 37.9 Å². The maximum atomic E-state index is 12.1. The van der Waals surface area contributed by atoms with Crippen LogP contribution in [0.3, 0.4) is 0 Å². The Morgan fingerprint density at radius 1 is 1.05 bits per heavy atom. The van der Waals surface area contributed by atoms with Gasteiger partial charge in [-0.25, -0.2) is 4.79 Å². The summed E-state index contributed by atoms with van der Waals surface area (Å²) in [5, 5.41) is 0. The van der Waals surface area contributed by atoms with Crippen LogP contribution in [0.15, 0.2) is 0 Å². The highest BCUT2D eigenvalue weighted by Crippen LogP contribution is 2.56. The zero-order valence-electron chi connectivity index (χ0n) is 11.4. The number of carbonyl (C=O) groups is 1. The number of rotatable bonds is 4. The lowest BCUT2D eigenvalue weighted by atomic mass is 9.52. The van der Waals surface area contributed by atoms with Crippen LogP contribution in [-0.2, 0) is 19.0 Å². The van der Waals surface area contributed by atoms with Crippen molar-refractivity contribution in [3.63, 3.8) is 0 Å². The standard InChI is InChI=1S/C13H18F2O5S/c14-12(15)21(17,18)20-13(16)19-6-11-9-2-7-1-8(4-9)5-10(11)3-7/h7-12H,1-6H2. The van der Waals surface area contributed by atoms with Crippen LogP contribution in [0.2, 0.25) is 0 Å². The lowest BCUT2D eigenvalue weighted by Crippen LogP contribution is -2.46. The molecule has 0 unspecified atom stereocenters. The van der Waals surface area contributed by atoms with E-state index < -0.39 is 22.0 Å². The van der Waals surface area contributed by atoms with Crippen LogP contribution in [-0.4, -0.2) is 26.9 Å². The lowest BCUT2D eigenvalue weighted by Gasteiger charge is -2.54. The Labute approximate surface area is 122 Å². The van der Waals surface area contributed by atoms with Crippen molar-refractivity contribution in [3.8, 4) is 0 Å². The first kappa shape index (κ1) is 15.0. The summed E-state index contributed by atoms with van der Waals surface area (Å²) in [5.74, 6) is -0.989. The molecule has 0 spiro atoms. The second kappa shape index (κ2) is 5.37. The average molecular weight is 324 g/mol. The average Bonchev–Trinajstić information content (AvgIpc) is 2.36. The lowest BCUT2D eigenvalue weighted by molar-refractivity contribution is -0.0628. The topological polar surface area (TPSA) is 69.7 Å². The highest BCUT2D eigenvalue weighted by atomic mass is 32.2. The molecule has 0 heterocycles. The van der Waals surface area contributed by atoms with Gasteiger partial charge in [0.2, 0.25) is 0 Å². The summed E-state index contributed by atoms with van der Waals surface area (Å²) in [6.45, 7) is 0.0619. The molecule has 0 saturated heterocycles. The van der Waals surface area contributed by atoms with Gasteiger partial charge in [-0.3, -0.25) is 0 Å². The molecule has 0 amide bonds. The molecule has 0 aromatic heterocycles. The molecule has 5 nitrogen and oxygen atoms in total. The molecule has 4 saturated carbocycles. The summed E-state index contributed by atoms with van der Waals surface area (Å²) in [6.07, 6.45) is 4.27. The molecule has 4 bridgehead atoms. The first-order chi connectivity index (χ1) is 9.85. The van der Waals surface area contributed by atoms with E-state index in [1.807, 2.05) is 0 Å². The summed E-state index contributed by atoms with van der Waals surface area (Å²) >= 11 is 0. The fraction of sp³-hybridized carbons (Fsp3) is 0.923. The fourth-order valence-corrected chi connectivity index (χ4v) is 4.94. The third-order valence-electron chi connectivity index (χ3n) is 5.22. The zero-order valence-corrected chi connectivity index (χ0v) is 12.2. The maximum absolute atomic E-state index is 12.1. The predicted molar refractivity (Wildman–Crippen MR) is 67.9 cm³/mol. The van der Waals surface area contributed by atoms with E-state index in [1.165, 1.54) is 6.42 Å². The molecular weight excluding hydrogens is 306 g/mol. The Bertz CT molecular complexity index is 491. The molecule has 0 aromatic rings. The van der Waals surface area contributed by atoms with Crippen LogP contribution in [0.4, 0.5) is 13.6 Å². The van der Waals surface area contributed by atoms with Crippen LogP contribution in [0, 0.1) is 29.6 Å². The van der Waals surface area contributed by atoms with E-state index in [9.17, 15) is 22.0 Å². The minimum absolute atomic E-state index is 0.0619. The van der Waals surface area contributed by atoms with Gasteiger partial charge in [0.15, 0.2) is 0 Å². The predicted octanol–water partition coefficient (Wildman–Crippen LogP) is 2.76. The highest BCUT2D eigenvalue weighted by molar-refractivity contribution is 7.87. The summed E-state index contributed by atoms with van der Waals surface area (Å²) in [4.78, 5) is 11.2. The molecule has 0 radical (unpaired) electrons. The van der Waals surface area contributed by atoms with Gasteiger partial charge >= 0.3 is 22.0 Å². The van der Waals surface area contributed by atoms with Gasteiger partial charge in [0, 0.05) is 0 Å². The van der Waals surface area contributed by atoms with E-state index >= 15 is 0 Å². The molecule has 0 N–H and O–H groups in total. The minimum Gasteiger partial charge on any atom is -0.433 e. The molecule has 0 atom stereocenters. The monoisotopic (exact) mass is 324 g/mol. The smallest absolute Gasteiger partial charge is 0.433 e. The van der Waals surface area contributed by atoms with Gasteiger partial charge in [-0.15, -0.1) is 0 Å². The molecule has 0 aliphatic heterocycles. The largest absolute Gasteiger partial charge is 0.524 e. The number of ether oxygens (including phenoxy) is 1. The van der Waals surface area contributed by atoms with Crippen LogP contribution >= 0.6 is 0 Å². The van der Waals surface area contributed by atoms with Crippen LogP contribution in [0.25, 0.3) is 0 Å². The summed E-state index contributed by atoms with van der Waals surface area (Å²) in [5.41, 5.74) is 0. The minimum atomic E-state index is -5.18. The fourth-order valence-electron chi connectivity index (χ4n) is 4.63. The van der Waals surface area contributed by atoms with Gasteiger partial charge in [0.1, 0.15) is 0 Å². The van der Waals surface area contributed by atoms with Crippen LogP contribution < -0.4 is 0 Å². The summed E-state index contributed by atoms with van der Waals surface area (Å²) in [7, 11) is -5.18. The Balaban J connectivity index is 1.53. The highest BCUT2D eigenvalue weighted by Gasteiger charge is 2.48. The van der Waals surface area contributed by atoms with E-state index in [4.69, 9.17) is 4.74 Å². The van der Waals surface area contributed by atoms with Gasteiger partial charge in [0.05, 0.1) is 6.61 Å². The van der Waals surface area contributed by atoms with E-state index in [-0.39, 0.29) is 12.5 Å². The number of alkyl halides is 2. The van der Waals surface area contributed by atoms with E-state index in [2.05, 4.69) is 4.18 Å². The van der Waals surface area contributed by atoms with Gasteiger partial charge in [-0.2, -0.15) is 17.2 Å². The Hall–Kier alpha value is -0.920. The van der Waals surface area contributed by atoms with Crippen molar-refractivity contribution in [3.05, 3.63) is 0 Å². The van der Waals surface area contributed by atoms with E-state index in [1.54, 1.807) is 0 Å². The maximum Gasteiger partial charge on any atom is 0.524 e. The second-order valence-electron chi connectivity index (χ2n) is 6.49. The Morgan fingerprint density at radius 2 is 1.57 bits per heavy atom. The first-order valence-electron chi connectivity index (χ1n) is 7.23. The molecule has 21 heavy (non-hydrogen) atoms. The second-order valence-corrected chi connectivity index (χ2v) is 8.00. The van der Waals surface area contributed by atoms with Crippen molar-refractivity contribution in [1.29, 1.82) is 0 Å². The molecule has 4 rings (SSSR count). The molecule has 4 aliphatic rings. The zero-order chi connectivity index (χ0) is 15.2. The Kier molecular flexibility index (Phi) is 3.83. The van der Waals surface area contributed by atoms with Gasteiger partial charge in [-0.05, 0) is 61.7 Å². The molecule has 120 valence electrons. The van der Waals surface area contributed by atoms with Crippen molar-refractivity contribution >= 4 is 16.3 Å². The van der Waals surface area contributed by atoms with Crippen molar-refractivity contribution in [2.24, 2.45) is 29.6 Å². The van der Waals surface area contributed by atoms with Crippen molar-refractivity contribution in [1.82, 2.24) is 0 Å². The quantitative estimate of drug-likeness (QED) is 0.587. The summed E-state index contributed by atoms with van der Waals surface area (Å²) < 4.78 is 54.2. The van der Waals surface area contributed by atoms with Gasteiger partial charge in [0.25, 0.3) is 0 Å². The van der Waals surface area contributed by atoms with E-state index in [0.29, 0.717) is 11.8 Å². The molecule has 8 heteroatoms. The van der Waals surface area contributed by atoms with Gasteiger partial charge in [-0.1, -0.05) is 0 Å². The molecular formula is C13H18F2O5S. The molecule has 4 fully saturated rings. The molecule has 4 aliphatic carbocycles. The normalized spacial score (nSPS) is 37.8. The van der Waals surface area contributed by atoms with E-state index in [0.717, 1.165) is 37.5 Å². The number of hydrogen-bond donors (Lipinski definition) is 0. The number of hydrogen-bond acceptors (Lipinski definition) is 5. The van der Waals surface area contributed by atoms with Crippen LogP contribution in [0.5, 0.6) is 0 Å². The van der Waals surface area contributed by atoms with Crippen molar-refractivity contribution in [2.75, 3.05) is 6.61 Å². The van der Waals surface area contributed by atoms with Gasteiger partial charge < -0.3 is 8.92 Å². The molecule has 0 aromatic carbocycles. The third kappa shape index (κ3) is 3.00. The van der Waals surface area contributed by atoms with Crippen molar-refractivity contribution < 1.29 is 30.9 Å². The van der Waals surface area contributed by atoms with Crippen LogP contribution in [0.1, 0.15) is 32.1 Å². The summed E-state index contributed by atoms with van der Waals surface area (Å²) in [6, 6.07) is 0. The SMILES string of the molecule is O=C(OCC1C2CC3CC(C2)CC1C3)OS(=O)(=O)C(F)F. The Morgan fingerprint density at radius 3 is 2.05 bits per heavy atom. The first-order valence-corrected chi connectivity index (χ1v) is 8.70. The number of carbonyl (C=O) groups excluding carboxylic acids is 1.